The average molecular weight is 374 g/mol. The van der Waals surface area contributed by atoms with E-state index in [4.69, 9.17) is 4.74 Å². The zero-order valence-corrected chi connectivity index (χ0v) is 15.7. The molecule has 4 aromatic rings. The fourth-order valence-electron chi connectivity index (χ4n) is 3.27. The molecule has 0 amide bonds. The molecule has 6 heteroatoms. The van der Waals surface area contributed by atoms with Crippen LogP contribution in [0.25, 0.3) is 27.8 Å². The number of benzene rings is 2. The van der Waals surface area contributed by atoms with E-state index in [-0.39, 0.29) is 6.61 Å². The van der Waals surface area contributed by atoms with Gasteiger partial charge in [0.15, 0.2) is 5.65 Å². The third-order valence-electron chi connectivity index (χ3n) is 4.50. The Morgan fingerprint density at radius 1 is 1.04 bits per heavy atom. The SMILES string of the molecule is CCOc1ccc(-n2cc(-c3ccccc3)c3c(NCCO)ncnc32)cc1. The Morgan fingerprint density at radius 3 is 2.54 bits per heavy atom. The molecule has 28 heavy (non-hydrogen) atoms. The third kappa shape index (κ3) is 3.42. The largest absolute Gasteiger partial charge is 0.494 e. The zero-order valence-electron chi connectivity index (χ0n) is 15.7. The fraction of sp³-hybridized carbons (Fsp3) is 0.182. The van der Waals surface area contributed by atoms with E-state index >= 15 is 0 Å². The number of hydrogen-bond acceptors (Lipinski definition) is 5. The number of aliphatic hydroxyl groups is 1. The van der Waals surface area contributed by atoms with Gasteiger partial charge in [-0.1, -0.05) is 30.3 Å². The molecule has 0 atom stereocenters. The Kier molecular flexibility index (Phi) is 5.21. The van der Waals surface area contributed by atoms with E-state index in [1.54, 1.807) is 6.33 Å². The van der Waals surface area contributed by atoms with Crippen LogP contribution in [0.2, 0.25) is 0 Å². The molecular weight excluding hydrogens is 352 g/mol. The molecule has 6 nitrogen and oxygen atoms in total. The van der Waals surface area contributed by atoms with E-state index in [0.717, 1.165) is 33.6 Å². The molecule has 0 saturated heterocycles. The van der Waals surface area contributed by atoms with E-state index in [0.29, 0.717) is 19.0 Å². The molecule has 0 spiro atoms. The minimum atomic E-state index is 0.0335. The number of rotatable bonds is 7. The molecular formula is C22H22N4O2. The van der Waals surface area contributed by atoms with Crippen molar-refractivity contribution in [3.05, 3.63) is 67.1 Å². The van der Waals surface area contributed by atoms with Gasteiger partial charge in [0.25, 0.3) is 0 Å². The summed E-state index contributed by atoms with van der Waals surface area (Å²) in [5.41, 5.74) is 3.91. The number of aliphatic hydroxyl groups excluding tert-OH is 1. The van der Waals surface area contributed by atoms with Crippen LogP contribution in [0.1, 0.15) is 6.92 Å². The van der Waals surface area contributed by atoms with Gasteiger partial charge < -0.3 is 19.7 Å². The van der Waals surface area contributed by atoms with E-state index < -0.39 is 0 Å². The van der Waals surface area contributed by atoms with Crippen LogP contribution in [0.4, 0.5) is 5.82 Å². The smallest absolute Gasteiger partial charge is 0.150 e. The van der Waals surface area contributed by atoms with E-state index in [9.17, 15) is 5.11 Å². The summed E-state index contributed by atoms with van der Waals surface area (Å²) in [5, 5.41) is 13.3. The maximum Gasteiger partial charge on any atom is 0.150 e. The molecule has 0 aliphatic heterocycles. The van der Waals surface area contributed by atoms with Crippen molar-refractivity contribution >= 4 is 16.9 Å². The molecule has 0 unspecified atom stereocenters. The summed E-state index contributed by atoms with van der Waals surface area (Å²) in [6.07, 6.45) is 3.62. The Bertz CT molecular complexity index is 1060. The lowest BCUT2D eigenvalue weighted by Gasteiger charge is -2.08. The highest BCUT2D eigenvalue weighted by molar-refractivity contribution is 6.02. The third-order valence-corrected chi connectivity index (χ3v) is 4.50. The van der Waals surface area contributed by atoms with Gasteiger partial charge in [-0.05, 0) is 36.8 Å². The zero-order chi connectivity index (χ0) is 19.3. The maximum atomic E-state index is 9.22. The van der Waals surface area contributed by atoms with Crippen LogP contribution in [0.5, 0.6) is 5.75 Å². The average Bonchev–Trinajstić information content (AvgIpc) is 3.14. The first kappa shape index (κ1) is 18.0. The lowest BCUT2D eigenvalue weighted by molar-refractivity contribution is 0.311. The number of anilines is 1. The number of fused-ring (bicyclic) bond motifs is 1. The van der Waals surface area contributed by atoms with Gasteiger partial charge in [0, 0.05) is 24.0 Å². The Morgan fingerprint density at radius 2 is 1.82 bits per heavy atom. The van der Waals surface area contributed by atoms with Gasteiger partial charge in [0.05, 0.1) is 18.6 Å². The predicted molar refractivity (Wildman–Crippen MR) is 111 cm³/mol. The van der Waals surface area contributed by atoms with E-state index in [1.165, 1.54) is 0 Å². The summed E-state index contributed by atoms with van der Waals surface area (Å²) in [6, 6.07) is 18.1. The fourth-order valence-corrected chi connectivity index (χ4v) is 3.27. The van der Waals surface area contributed by atoms with Crippen LogP contribution in [0.15, 0.2) is 67.1 Å². The highest BCUT2D eigenvalue weighted by atomic mass is 16.5. The first-order valence-electron chi connectivity index (χ1n) is 9.31. The number of aromatic nitrogens is 3. The molecule has 0 fully saturated rings. The van der Waals surface area contributed by atoms with Gasteiger partial charge >= 0.3 is 0 Å². The standard InChI is InChI=1S/C22H22N4O2/c1-2-28-18-10-8-17(9-11-18)26-14-19(16-6-4-3-5-7-16)20-21(23-12-13-27)24-15-25-22(20)26/h3-11,14-15,27H,2,12-13H2,1H3,(H,23,24,25). The predicted octanol–water partition coefficient (Wildman–Crippen LogP) is 3.89. The minimum absolute atomic E-state index is 0.0335. The molecule has 2 aromatic heterocycles. The normalized spacial score (nSPS) is 10.9. The number of hydrogen-bond donors (Lipinski definition) is 2. The Balaban J connectivity index is 1.90. The van der Waals surface area contributed by atoms with E-state index in [2.05, 4.69) is 38.2 Å². The summed E-state index contributed by atoms with van der Waals surface area (Å²) < 4.78 is 7.61. The van der Waals surface area contributed by atoms with Crippen molar-refractivity contribution in [2.45, 2.75) is 6.92 Å². The highest BCUT2D eigenvalue weighted by Crippen LogP contribution is 2.35. The maximum absolute atomic E-state index is 9.22. The van der Waals surface area contributed by atoms with Crippen LogP contribution in [0, 0.1) is 0 Å². The monoisotopic (exact) mass is 374 g/mol. The van der Waals surface area contributed by atoms with Crippen molar-refractivity contribution in [2.24, 2.45) is 0 Å². The summed E-state index contributed by atoms with van der Waals surface area (Å²) >= 11 is 0. The quantitative estimate of drug-likeness (QED) is 0.513. The first-order valence-corrected chi connectivity index (χ1v) is 9.31. The molecule has 0 aliphatic carbocycles. The topological polar surface area (TPSA) is 72.2 Å². The van der Waals surface area contributed by atoms with Crippen molar-refractivity contribution in [3.63, 3.8) is 0 Å². The molecule has 142 valence electrons. The van der Waals surface area contributed by atoms with Gasteiger partial charge in [0.1, 0.15) is 17.9 Å². The molecule has 4 rings (SSSR count). The second kappa shape index (κ2) is 8.10. The molecule has 0 saturated carbocycles. The lowest BCUT2D eigenvalue weighted by Crippen LogP contribution is -2.07. The second-order valence-corrected chi connectivity index (χ2v) is 6.28. The molecule has 2 heterocycles. The number of nitrogens with one attached hydrogen (secondary N) is 1. The van der Waals surface area contributed by atoms with Crippen molar-refractivity contribution in [1.29, 1.82) is 0 Å². The van der Waals surface area contributed by atoms with Gasteiger partial charge in [-0.15, -0.1) is 0 Å². The molecule has 0 bridgehead atoms. The van der Waals surface area contributed by atoms with Gasteiger partial charge in [-0.25, -0.2) is 9.97 Å². The summed E-state index contributed by atoms with van der Waals surface area (Å²) in [5.74, 6) is 1.55. The molecule has 2 N–H and O–H groups in total. The minimum Gasteiger partial charge on any atom is -0.494 e. The second-order valence-electron chi connectivity index (χ2n) is 6.28. The first-order chi connectivity index (χ1) is 13.8. The van der Waals surface area contributed by atoms with Crippen molar-refractivity contribution in [3.8, 4) is 22.6 Å². The summed E-state index contributed by atoms with van der Waals surface area (Å²) in [6.45, 7) is 3.06. The molecule has 2 aromatic carbocycles. The molecule has 0 radical (unpaired) electrons. The van der Waals surface area contributed by atoms with Crippen LogP contribution in [0.3, 0.4) is 0 Å². The van der Waals surface area contributed by atoms with Gasteiger partial charge in [0.2, 0.25) is 0 Å². The van der Waals surface area contributed by atoms with Crippen LogP contribution in [-0.2, 0) is 0 Å². The van der Waals surface area contributed by atoms with Crippen molar-refractivity contribution in [2.75, 3.05) is 25.1 Å². The van der Waals surface area contributed by atoms with Crippen LogP contribution >= 0.6 is 0 Å². The number of nitrogens with zero attached hydrogens (tertiary/aromatic N) is 3. The Hall–Kier alpha value is -3.38. The van der Waals surface area contributed by atoms with Gasteiger partial charge in [-0.2, -0.15) is 0 Å². The van der Waals surface area contributed by atoms with Crippen LogP contribution < -0.4 is 10.1 Å². The Labute approximate surface area is 163 Å². The van der Waals surface area contributed by atoms with Crippen LogP contribution in [-0.4, -0.2) is 39.4 Å². The summed E-state index contributed by atoms with van der Waals surface area (Å²) in [4.78, 5) is 8.96. The van der Waals surface area contributed by atoms with Gasteiger partial charge in [-0.3, -0.25) is 0 Å². The van der Waals surface area contributed by atoms with E-state index in [1.807, 2.05) is 49.4 Å². The van der Waals surface area contributed by atoms with Crippen molar-refractivity contribution in [1.82, 2.24) is 14.5 Å². The van der Waals surface area contributed by atoms with Crippen molar-refractivity contribution < 1.29 is 9.84 Å². The summed E-state index contributed by atoms with van der Waals surface area (Å²) in [7, 11) is 0. The highest BCUT2D eigenvalue weighted by Gasteiger charge is 2.17. The number of ether oxygens (including phenoxy) is 1. The lowest BCUT2D eigenvalue weighted by atomic mass is 10.1. The molecule has 0 aliphatic rings.